The first-order valence-electron chi connectivity index (χ1n) is 5.64. The van der Waals surface area contributed by atoms with E-state index in [1.165, 1.54) is 32.2 Å². The molecule has 1 aromatic carbocycles. The van der Waals surface area contributed by atoms with Crippen LogP contribution in [0.5, 0.6) is 5.75 Å². The SMILES string of the molecule is COc1ccc([N+](=O)[O-])c(N(C(C)=O)C(C)C(=O)O)c1. The summed E-state index contributed by atoms with van der Waals surface area (Å²) in [7, 11) is 1.36. The van der Waals surface area contributed by atoms with Crippen LogP contribution in [0.15, 0.2) is 18.2 Å². The maximum Gasteiger partial charge on any atom is 0.326 e. The number of amides is 1. The number of anilines is 1. The van der Waals surface area contributed by atoms with Crippen molar-refractivity contribution in [1.82, 2.24) is 0 Å². The van der Waals surface area contributed by atoms with Crippen LogP contribution >= 0.6 is 0 Å². The fourth-order valence-corrected chi connectivity index (χ4v) is 1.74. The molecule has 0 saturated heterocycles. The van der Waals surface area contributed by atoms with Crippen molar-refractivity contribution in [1.29, 1.82) is 0 Å². The van der Waals surface area contributed by atoms with Gasteiger partial charge < -0.3 is 9.84 Å². The Hall–Kier alpha value is -2.64. The Morgan fingerprint density at radius 3 is 2.45 bits per heavy atom. The van der Waals surface area contributed by atoms with Gasteiger partial charge >= 0.3 is 5.97 Å². The number of hydrogen-bond donors (Lipinski definition) is 1. The second kappa shape index (κ2) is 6.00. The lowest BCUT2D eigenvalue weighted by Gasteiger charge is -2.25. The molecule has 0 radical (unpaired) electrons. The van der Waals surface area contributed by atoms with Crippen LogP contribution in [0.3, 0.4) is 0 Å². The van der Waals surface area contributed by atoms with E-state index in [4.69, 9.17) is 9.84 Å². The van der Waals surface area contributed by atoms with E-state index in [1.54, 1.807) is 0 Å². The zero-order valence-corrected chi connectivity index (χ0v) is 11.2. The third kappa shape index (κ3) is 3.02. The van der Waals surface area contributed by atoms with Crippen LogP contribution in [0.2, 0.25) is 0 Å². The van der Waals surface area contributed by atoms with Gasteiger partial charge in [0.15, 0.2) is 0 Å². The molecule has 0 aliphatic carbocycles. The number of methoxy groups -OCH3 is 1. The molecule has 0 saturated carbocycles. The maximum atomic E-state index is 11.7. The van der Waals surface area contributed by atoms with Crippen molar-refractivity contribution in [3.63, 3.8) is 0 Å². The molecule has 0 fully saturated rings. The molecule has 1 unspecified atom stereocenters. The van der Waals surface area contributed by atoms with Gasteiger partial charge in [-0.1, -0.05) is 0 Å². The predicted molar refractivity (Wildman–Crippen MR) is 69.9 cm³/mol. The molecule has 0 spiro atoms. The van der Waals surface area contributed by atoms with Gasteiger partial charge in [-0.15, -0.1) is 0 Å². The summed E-state index contributed by atoms with van der Waals surface area (Å²) in [5, 5.41) is 20.0. The first-order valence-corrected chi connectivity index (χ1v) is 5.64. The van der Waals surface area contributed by atoms with Crippen LogP contribution in [0.1, 0.15) is 13.8 Å². The number of carboxylic acids is 1. The van der Waals surface area contributed by atoms with Crippen molar-refractivity contribution in [2.45, 2.75) is 19.9 Å². The largest absolute Gasteiger partial charge is 0.497 e. The molecular formula is C12H14N2O6. The number of nitrogens with zero attached hydrogens (tertiary/aromatic N) is 2. The van der Waals surface area contributed by atoms with Crippen molar-refractivity contribution in [3.8, 4) is 5.75 Å². The molecule has 0 bridgehead atoms. The van der Waals surface area contributed by atoms with Gasteiger partial charge in [0.2, 0.25) is 5.91 Å². The van der Waals surface area contributed by atoms with Gasteiger partial charge in [-0.25, -0.2) is 4.79 Å². The van der Waals surface area contributed by atoms with E-state index in [2.05, 4.69) is 0 Å². The van der Waals surface area contributed by atoms with Crippen LogP contribution in [-0.4, -0.2) is 35.1 Å². The number of hydrogen-bond acceptors (Lipinski definition) is 5. The van der Waals surface area contributed by atoms with Crippen molar-refractivity contribution in [3.05, 3.63) is 28.3 Å². The molecule has 1 rings (SSSR count). The average molecular weight is 282 g/mol. The number of benzene rings is 1. The Kier molecular flexibility index (Phi) is 4.63. The summed E-state index contributed by atoms with van der Waals surface area (Å²) in [5.41, 5.74) is -0.481. The van der Waals surface area contributed by atoms with E-state index in [0.717, 1.165) is 11.8 Å². The highest BCUT2D eigenvalue weighted by Gasteiger charge is 2.30. The Bertz CT molecular complexity index is 557. The Morgan fingerprint density at radius 1 is 1.45 bits per heavy atom. The molecule has 8 heteroatoms. The first kappa shape index (κ1) is 15.4. The van der Waals surface area contributed by atoms with E-state index in [9.17, 15) is 19.7 Å². The van der Waals surface area contributed by atoms with Crippen LogP contribution in [0.4, 0.5) is 11.4 Å². The highest BCUT2D eigenvalue weighted by molar-refractivity contribution is 5.99. The van der Waals surface area contributed by atoms with E-state index in [-0.39, 0.29) is 17.1 Å². The Balaban J connectivity index is 3.48. The van der Waals surface area contributed by atoms with Crippen LogP contribution in [-0.2, 0) is 9.59 Å². The molecule has 20 heavy (non-hydrogen) atoms. The fourth-order valence-electron chi connectivity index (χ4n) is 1.74. The van der Waals surface area contributed by atoms with Gasteiger partial charge in [0.1, 0.15) is 17.5 Å². The van der Waals surface area contributed by atoms with Crippen LogP contribution < -0.4 is 9.64 Å². The predicted octanol–water partition coefficient (Wildman–Crippen LogP) is 1.43. The van der Waals surface area contributed by atoms with E-state index < -0.39 is 22.8 Å². The third-order valence-electron chi connectivity index (χ3n) is 2.72. The van der Waals surface area contributed by atoms with Crippen molar-refractivity contribution in [2.75, 3.05) is 12.0 Å². The molecule has 1 atom stereocenters. The standard InChI is InChI=1S/C12H14N2O6/c1-7(12(16)17)13(8(2)15)11-6-9(20-3)4-5-10(11)14(18)19/h4-7H,1-3H3,(H,16,17). The van der Waals surface area contributed by atoms with Crippen molar-refractivity contribution in [2.24, 2.45) is 0 Å². The minimum absolute atomic E-state index is 0.114. The number of rotatable bonds is 5. The number of carbonyl (C=O) groups is 2. The molecule has 0 aromatic heterocycles. The molecule has 1 aromatic rings. The lowest BCUT2D eigenvalue weighted by molar-refractivity contribution is -0.384. The number of ether oxygens (including phenoxy) is 1. The molecule has 0 heterocycles. The summed E-state index contributed by atoms with van der Waals surface area (Å²) >= 11 is 0. The van der Waals surface area contributed by atoms with E-state index >= 15 is 0 Å². The Morgan fingerprint density at radius 2 is 2.05 bits per heavy atom. The summed E-state index contributed by atoms with van der Waals surface area (Å²) in [5.74, 6) is -1.59. The minimum Gasteiger partial charge on any atom is -0.497 e. The molecule has 1 amide bonds. The highest BCUT2D eigenvalue weighted by Crippen LogP contribution is 2.33. The number of carbonyl (C=O) groups excluding carboxylic acids is 1. The summed E-state index contributed by atoms with van der Waals surface area (Å²) in [4.78, 5) is 33.9. The zero-order valence-electron chi connectivity index (χ0n) is 11.2. The fraction of sp³-hybridized carbons (Fsp3) is 0.333. The van der Waals surface area contributed by atoms with Gasteiger partial charge in [-0.05, 0) is 13.0 Å². The topological polar surface area (TPSA) is 110 Å². The van der Waals surface area contributed by atoms with Gasteiger partial charge in [0, 0.05) is 19.1 Å². The minimum atomic E-state index is -1.27. The summed E-state index contributed by atoms with van der Waals surface area (Å²) in [6.45, 7) is 2.41. The second-order valence-corrected chi connectivity index (χ2v) is 4.01. The maximum absolute atomic E-state index is 11.7. The number of nitro groups is 1. The van der Waals surface area contributed by atoms with Gasteiger partial charge in [0.25, 0.3) is 5.69 Å². The molecular weight excluding hydrogens is 268 g/mol. The highest BCUT2D eigenvalue weighted by atomic mass is 16.6. The van der Waals surface area contributed by atoms with Gasteiger partial charge in [-0.2, -0.15) is 0 Å². The first-order chi connectivity index (χ1) is 9.29. The van der Waals surface area contributed by atoms with Crippen molar-refractivity contribution < 1.29 is 24.4 Å². The second-order valence-electron chi connectivity index (χ2n) is 4.01. The van der Waals surface area contributed by atoms with E-state index in [0.29, 0.717) is 0 Å². The Labute approximate surface area is 114 Å². The van der Waals surface area contributed by atoms with Crippen LogP contribution in [0.25, 0.3) is 0 Å². The molecule has 0 aliphatic heterocycles. The third-order valence-corrected chi connectivity index (χ3v) is 2.72. The normalized spacial score (nSPS) is 11.6. The lowest BCUT2D eigenvalue weighted by atomic mass is 10.2. The number of nitro benzene ring substituents is 1. The summed E-state index contributed by atoms with van der Waals surface area (Å²) < 4.78 is 4.95. The number of aliphatic carboxylic acids is 1. The summed E-state index contributed by atoms with van der Waals surface area (Å²) in [6, 6.07) is 2.56. The molecule has 108 valence electrons. The average Bonchev–Trinajstić information content (AvgIpc) is 2.37. The molecule has 0 aliphatic rings. The zero-order chi connectivity index (χ0) is 15.4. The van der Waals surface area contributed by atoms with Crippen LogP contribution in [0, 0.1) is 10.1 Å². The van der Waals surface area contributed by atoms with Gasteiger partial charge in [-0.3, -0.25) is 19.8 Å². The monoisotopic (exact) mass is 282 g/mol. The van der Waals surface area contributed by atoms with Crippen molar-refractivity contribution >= 4 is 23.3 Å². The smallest absolute Gasteiger partial charge is 0.326 e. The quantitative estimate of drug-likeness (QED) is 0.646. The van der Waals surface area contributed by atoms with E-state index in [1.807, 2.05) is 0 Å². The molecule has 8 nitrogen and oxygen atoms in total. The summed E-state index contributed by atoms with van der Waals surface area (Å²) in [6.07, 6.45) is 0. The van der Waals surface area contributed by atoms with Gasteiger partial charge in [0.05, 0.1) is 12.0 Å². The molecule has 1 N–H and O–H groups in total. The lowest BCUT2D eigenvalue weighted by Crippen LogP contribution is -2.42. The number of carboxylic acid groups (broad SMARTS) is 1.